The van der Waals surface area contributed by atoms with E-state index in [9.17, 15) is 0 Å². The second kappa shape index (κ2) is 7.64. The molecule has 1 aliphatic heterocycles. The predicted molar refractivity (Wildman–Crippen MR) is 85.2 cm³/mol. The summed E-state index contributed by atoms with van der Waals surface area (Å²) in [6, 6.07) is 1.06. The van der Waals surface area contributed by atoms with Crippen LogP contribution in [0, 0.1) is 0 Å². The van der Waals surface area contributed by atoms with Gasteiger partial charge in [-0.25, -0.2) is 0 Å². The van der Waals surface area contributed by atoms with E-state index >= 15 is 0 Å². The number of guanidine groups is 1. The average Bonchev–Trinajstić information content (AvgIpc) is 2.96. The molecule has 1 saturated heterocycles. The average molecular weight is 279 g/mol. The fourth-order valence-corrected chi connectivity index (χ4v) is 2.76. The van der Waals surface area contributed by atoms with Crippen molar-refractivity contribution in [1.29, 1.82) is 0 Å². The zero-order valence-corrected chi connectivity index (χ0v) is 13.1. The number of nitrogens with zero attached hydrogens (tertiary/aromatic N) is 3. The number of hydrogen-bond acceptors (Lipinski definition) is 3. The molecule has 5 heteroatoms. The Labute approximate surface area is 123 Å². The van der Waals surface area contributed by atoms with Crippen LogP contribution in [-0.2, 0) is 0 Å². The van der Waals surface area contributed by atoms with Crippen LogP contribution in [-0.4, -0.2) is 74.7 Å². The van der Waals surface area contributed by atoms with Gasteiger partial charge in [-0.2, -0.15) is 0 Å². The lowest BCUT2D eigenvalue weighted by atomic mass is 10.2. The van der Waals surface area contributed by atoms with E-state index in [-0.39, 0.29) is 0 Å². The first-order chi connectivity index (χ1) is 9.69. The Kier molecular flexibility index (Phi) is 5.86. The third kappa shape index (κ3) is 4.49. The minimum absolute atomic E-state index is 0.514. The standard InChI is InChI=1S/C15H29N5/c1-13(20-10-8-19(3)9-11-20)12-17-15(16-2)18-14-6-4-5-7-14/h4-5,13-14H,6-12H2,1-3H3,(H2,16,17,18). The lowest BCUT2D eigenvalue weighted by molar-refractivity contribution is 0.120. The first kappa shape index (κ1) is 15.3. The zero-order valence-electron chi connectivity index (χ0n) is 13.1. The van der Waals surface area contributed by atoms with Crippen molar-refractivity contribution >= 4 is 5.96 Å². The molecule has 0 spiro atoms. The largest absolute Gasteiger partial charge is 0.355 e. The van der Waals surface area contributed by atoms with E-state index in [1.807, 2.05) is 7.05 Å². The van der Waals surface area contributed by atoms with Crippen LogP contribution in [0.5, 0.6) is 0 Å². The Morgan fingerprint density at radius 3 is 2.50 bits per heavy atom. The molecule has 1 aliphatic carbocycles. The molecule has 5 nitrogen and oxygen atoms in total. The smallest absolute Gasteiger partial charge is 0.191 e. The zero-order chi connectivity index (χ0) is 14.4. The Bertz CT molecular complexity index is 336. The topological polar surface area (TPSA) is 42.9 Å². The maximum Gasteiger partial charge on any atom is 0.191 e. The molecule has 1 heterocycles. The first-order valence-corrected chi connectivity index (χ1v) is 7.74. The summed E-state index contributed by atoms with van der Waals surface area (Å²) in [4.78, 5) is 9.27. The number of aliphatic imine (C=N–C) groups is 1. The molecule has 1 fully saturated rings. The lowest BCUT2D eigenvalue weighted by Crippen LogP contribution is -2.53. The second-order valence-corrected chi connectivity index (χ2v) is 5.93. The van der Waals surface area contributed by atoms with Gasteiger partial charge in [0.25, 0.3) is 0 Å². The molecule has 0 amide bonds. The molecule has 20 heavy (non-hydrogen) atoms. The number of likely N-dealkylation sites (N-methyl/N-ethyl adjacent to an activating group) is 1. The molecule has 0 bridgehead atoms. The van der Waals surface area contributed by atoms with Crippen molar-refractivity contribution in [3.8, 4) is 0 Å². The summed E-state index contributed by atoms with van der Waals surface area (Å²) < 4.78 is 0. The monoisotopic (exact) mass is 279 g/mol. The van der Waals surface area contributed by atoms with Crippen molar-refractivity contribution in [3.63, 3.8) is 0 Å². The van der Waals surface area contributed by atoms with Crippen molar-refractivity contribution in [2.75, 3.05) is 46.8 Å². The third-order valence-electron chi connectivity index (χ3n) is 4.30. The Morgan fingerprint density at radius 2 is 1.90 bits per heavy atom. The fraction of sp³-hybridized carbons (Fsp3) is 0.800. The van der Waals surface area contributed by atoms with E-state index in [4.69, 9.17) is 0 Å². The molecule has 0 aromatic heterocycles. The molecule has 1 unspecified atom stereocenters. The minimum atomic E-state index is 0.514. The molecule has 0 aromatic carbocycles. The molecule has 114 valence electrons. The minimum Gasteiger partial charge on any atom is -0.355 e. The van der Waals surface area contributed by atoms with E-state index in [2.05, 4.69) is 51.5 Å². The predicted octanol–water partition coefficient (Wildman–Crippen LogP) is 0.506. The van der Waals surface area contributed by atoms with Gasteiger partial charge in [-0.15, -0.1) is 0 Å². The van der Waals surface area contributed by atoms with Gasteiger partial charge in [0, 0.05) is 51.9 Å². The van der Waals surface area contributed by atoms with Crippen molar-refractivity contribution in [2.24, 2.45) is 4.99 Å². The molecule has 0 aromatic rings. The van der Waals surface area contributed by atoms with Gasteiger partial charge in [0.05, 0.1) is 0 Å². The maximum absolute atomic E-state index is 4.32. The van der Waals surface area contributed by atoms with Crippen LogP contribution < -0.4 is 10.6 Å². The third-order valence-corrected chi connectivity index (χ3v) is 4.30. The van der Waals surface area contributed by atoms with Crippen LogP contribution in [0.4, 0.5) is 0 Å². The fourth-order valence-electron chi connectivity index (χ4n) is 2.76. The van der Waals surface area contributed by atoms with Crippen LogP contribution >= 0.6 is 0 Å². The SMILES string of the molecule is CN=C(NCC(C)N1CCN(C)CC1)NC1CC=CC1. The number of rotatable bonds is 4. The summed E-state index contributed by atoms with van der Waals surface area (Å²) in [5.74, 6) is 0.930. The Morgan fingerprint density at radius 1 is 1.25 bits per heavy atom. The van der Waals surface area contributed by atoms with E-state index in [0.717, 1.165) is 38.4 Å². The first-order valence-electron chi connectivity index (χ1n) is 7.74. The summed E-state index contributed by atoms with van der Waals surface area (Å²) in [6.07, 6.45) is 6.68. The summed E-state index contributed by atoms with van der Waals surface area (Å²) in [5.41, 5.74) is 0. The molecule has 2 rings (SSSR count). The highest BCUT2D eigenvalue weighted by molar-refractivity contribution is 5.80. The van der Waals surface area contributed by atoms with Crippen molar-refractivity contribution < 1.29 is 0 Å². The van der Waals surface area contributed by atoms with Gasteiger partial charge in [-0.1, -0.05) is 12.2 Å². The number of hydrogen-bond donors (Lipinski definition) is 2. The highest BCUT2D eigenvalue weighted by Crippen LogP contribution is 2.08. The number of nitrogens with one attached hydrogen (secondary N) is 2. The van der Waals surface area contributed by atoms with Crippen molar-refractivity contribution in [3.05, 3.63) is 12.2 Å². The van der Waals surface area contributed by atoms with Gasteiger partial charge in [0.2, 0.25) is 0 Å². The summed E-state index contributed by atoms with van der Waals surface area (Å²) in [7, 11) is 4.04. The molecular formula is C15H29N5. The van der Waals surface area contributed by atoms with E-state index in [1.165, 1.54) is 13.1 Å². The van der Waals surface area contributed by atoms with Crippen LogP contribution in [0.15, 0.2) is 17.1 Å². The molecule has 1 atom stereocenters. The van der Waals surface area contributed by atoms with Gasteiger partial charge < -0.3 is 15.5 Å². The highest BCUT2D eigenvalue weighted by atomic mass is 15.3. The van der Waals surface area contributed by atoms with Crippen molar-refractivity contribution in [1.82, 2.24) is 20.4 Å². The van der Waals surface area contributed by atoms with E-state index in [0.29, 0.717) is 12.1 Å². The summed E-state index contributed by atoms with van der Waals surface area (Å²) >= 11 is 0. The molecule has 0 radical (unpaired) electrons. The molecule has 2 aliphatic rings. The van der Waals surface area contributed by atoms with Crippen LogP contribution in [0.2, 0.25) is 0 Å². The van der Waals surface area contributed by atoms with Gasteiger partial charge in [0.1, 0.15) is 0 Å². The second-order valence-electron chi connectivity index (χ2n) is 5.93. The van der Waals surface area contributed by atoms with E-state index in [1.54, 1.807) is 0 Å². The van der Waals surface area contributed by atoms with Crippen LogP contribution in [0.3, 0.4) is 0 Å². The van der Waals surface area contributed by atoms with Gasteiger partial charge >= 0.3 is 0 Å². The van der Waals surface area contributed by atoms with Crippen LogP contribution in [0.25, 0.3) is 0 Å². The van der Waals surface area contributed by atoms with Gasteiger partial charge in [-0.3, -0.25) is 9.89 Å². The highest BCUT2D eigenvalue weighted by Gasteiger charge is 2.19. The van der Waals surface area contributed by atoms with Crippen molar-refractivity contribution in [2.45, 2.75) is 31.8 Å². The van der Waals surface area contributed by atoms with E-state index < -0.39 is 0 Å². The maximum atomic E-state index is 4.32. The molecule has 2 N–H and O–H groups in total. The van der Waals surface area contributed by atoms with Crippen LogP contribution in [0.1, 0.15) is 19.8 Å². The Balaban J connectivity index is 1.69. The number of piperazine rings is 1. The summed E-state index contributed by atoms with van der Waals surface area (Å²) in [5, 5.41) is 6.94. The molecular weight excluding hydrogens is 250 g/mol. The Hall–Kier alpha value is -1.07. The van der Waals surface area contributed by atoms with Gasteiger partial charge in [0.15, 0.2) is 5.96 Å². The van der Waals surface area contributed by atoms with Gasteiger partial charge in [-0.05, 0) is 26.8 Å². The lowest BCUT2D eigenvalue weighted by Gasteiger charge is -2.36. The summed E-state index contributed by atoms with van der Waals surface area (Å²) in [6.45, 7) is 7.91. The molecule has 0 saturated carbocycles. The quantitative estimate of drug-likeness (QED) is 0.447. The normalized spacial score (nSPS) is 24.1.